The molecule has 1 aliphatic heterocycles. The van der Waals surface area contributed by atoms with Crippen LogP contribution in [-0.2, 0) is 13.6 Å². The van der Waals surface area contributed by atoms with Gasteiger partial charge in [0, 0.05) is 29.2 Å². The molecule has 0 spiro atoms. The van der Waals surface area contributed by atoms with Crippen molar-refractivity contribution in [2.45, 2.75) is 6.54 Å². The molecule has 128 valence electrons. The van der Waals surface area contributed by atoms with Gasteiger partial charge in [0.1, 0.15) is 5.82 Å². The maximum atomic E-state index is 13.9. The van der Waals surface area contributed by atoms with Crippen molar-refractivity contribution in [3.05, 3.63) is 58.4 Å². The minimum atomic E-state index is -0.249. The van der Waals surface area contributed by atoms with E-state index in [0.29, 0.717) is 18.1 Å². The summed E-state index contributed by atoms with van der Waals surface area (Å²) in [5, 5.41) is 3.17. The molecule has 0 atom stereocenters. The third-order valence-corrected chi connectivity index (χ3v) is 4.59. The lowest BCUT2D eigenvalue weighted by Crippen LogP contribution is -2.07. The zero-order chi connectivity index (χ0) is 17.4. The summed E-state index contributed by atoms with van der Waals surface area (Å²) in [7, 11) is 1.91. The topological polar surface area (TPSA) is 48.3 Å². The van der Waals surface area contributed by atoms with Gasteiger partial charge in [-0.15, -0.1) is 0 Å². The first-order valence-electron chi connectivity index (χ1n) is 7.71. The summed E-state index contributed by atoms with van der Waals surface area (Å²) in [5.41, 5.74) is 2.47. The molecule has 2 aromatic carbocycles. The molecule has 5 nitrogen and oxygen atoms in total. The molecular formula is C18H15BrFN3O2. The lowest BCUT2D eigenvalue weighted by molar-refractivity contribution is 0.174. The number of aromatic nitrogens is 2. The molecule has 7 heteroatoms. The smallest absolute Gasteiger partial charge is 0.231 e. The van der Waals surface area contributed by atoms with E-state index in [-0.39, 0.29) is 12.6 Å². The van der Waals surface area contributed by atoms with Crippen LogP contribution in [0.2, 0.25) is 0 Å². The predicted molar refractivity (Wildman–Crippen MR) is 96.2 cm³/mol. The Bertz CT molecular complexity index is 942. The van der Waals surface area contributed by atoms with Gasteiger partial charge in [-0.2, -0.15) is 0 Å². The van der Waals surface area contributed by atoms with E-state index in [2.05, 4.69) is 26.2 Å². The molecule has 4 rings (SSSR count). The molecule has 0 saturated heterocycles. The van der Waals surface area contributed by atoms with Crippen molar-refractivity contribution >= 4 is 21.9 Å². The van der Waals surface area contributed by atoms with E-state index in [1.165, 1.54) is 6.07 Å². The van der Waals surface area contributed by atoms with E-state index in [0.717, 1.165) is 27.2 Å². The van der Waals surface area contributed by atoms with Gasteiger partial charge in [-0.25, -0.2) is 9.37 Å². The van der Waals surface area contributed by atoms with Crippen LogP contribution in [0.1, 0.15) is 5.56 Å². The summed E-state index contributed by atoms with van der Waals surface area (Å²) < 4.78 is 27.4. The van der Waals surface area contributed by atoms with E-state index in [4.69, 9.17) is 9.47 Å². The highest BCUT2D eigenvalue weighted by Gasteiger charge is 2.16. The Balaban J connectivity index is 1.56. The van der Waals surface area contributed by atoms with Crippen LogP contribution in [-0.4, -0.2) is 16.3 Å². The first-order chi connectivity index (χ1) is 12.1. The largest absolute Gasteiger partial charge is 0.454 e. The highest BCUT2D eigenvalue weighted by molar-refractivity contribution is 9.10. The van der Waals surface area contributed by atoms with E-state index in [1.807, 2.05) is 29.8 Å². The second kappa shape index (κ2) is 6.40. The van der Waals surface area contributed by atoms with Gasteiger partial charge < -0.3 is 19.4 Å². The van der Waals surface area contributed by atoms with Gasteiger partial charge in [-0.3, -0.25) is 0 Å². The highest BCUT2D eigenvalue weighted by atomic mass is 79.9. The summed E-state index contributed by atoms with van der Waals surface area (Å²) in [6.45, 7) is 0.589. The summed E-state index contributed by atoms with van der Waals surface area (Å²) >= 11 is 3.36. The maximum absolute atomic E-state index is 13.9. The van der Waals surface area contributed by atoms with Gasteiger partial charge in [-0.05, 0) is 36.4 Å². The number of ether oxygens (including phenoxy) is 2. The Labute approximate surface area is 152 Å². The molecule has 0 amide bonds. The van der Waals surface area contributed by atoms with Gasteiger partial charge in [0.2, 0.25) is 12.7 Å². The van der Waals surface area contributed by atoms with Crippen LogP contribution >= 0.6 is 15.9 Å². The fourth-order valence-electron chi connectivity index (χ4n) is 2.75. The van der Waals surface area contributed by atoms with Crippen LogP contribution in [0, 0.1) is 5.82 Å². The van der Waals surface area contributed by atoms with Crippen molar-refractivity contribution in [2.24, 2.45) is 7.05 Å². The fraction of sp³-hybridized carbons (Fsp3) is 0.167. The Hall–Kier alpha value is -2.54. The number of hydrogen-bond acceptors (Lipinski definition) is 4. The molecule has 0 saturated carbocycles. The summed E-state index contributed by atoms with van der Waals surface area (Å²) in [6, 6.07) is 10.6. The van der Waals surface area contributed by atoms with Crippen molar-refractivity contribution in [2.75, 3.05) is 12.1 Å². The molecule has 0 bridgehead atoms. The predicted octanol–water partition coefficient (Wildman–Crippen LogP) is 4.33. The third-order valence-electron chi connectivity index (χ3n) is 4.10. The Morgan fingerprint density at radius 1 is 1.20 bits per heavy atom. The minimum absolute atomic E-state index is 0.245. The lowest BCUT2D eigenvalue weighted by atomic mass is 10.1. The lowest BCUT2D eigenvalue weighted by Gasteiger charge is -2.10. The van der Waals surface area contributed by atoms with Crippen molar-refractivity contribution < 1.29 is 13.9 Å². The number of fused-ring (bicyclic) bond motifs is 1. The second-order valence-electron chi connectivity index (χ2n) is 5.68. The fourth-order valence-corrected chi connectivity index (χ4v) is 3.16. The van der Waals surface area contributed by atoms with Crippen LogP contribution in [0.5, 0.6) is 11.5 Å². The monoisotopic (exact) mass is 403 g/mol. The van der Waals surface area contributed by atoms with Crippen LogP contribution in [0.4, 0.5) is 10.3 Å². The Kier molecular flexibility index (Phi) is 4.09. The molecule has 0 radical (unpaired) electrons. The van der Waals surface area contributed by atoms with Gasteiger partial charge >= 0.3 is 0 Å². The van der Waals surface area contributed by atoms with Gasteiger partial charge in [0.25, 0.3) is 0 Å². The standard InChI is InChI=1S/C18H15BrFN3O2/c1-23-15(11-2-5-16-17(7-11)25-10-24-16)9-22-18(23)21-8-12-6-13(19)3-4-14(12)20/h2-7,9H,8,10H2,1H3,(H,21,22). The average Bonchev–Trinajstić information content (AvgIpc) is 3.21. The summed E-state index contributed by atoms with van der Waals surface area (Å²) in [4.78, 5) is 4.40. The summed E-state index contributed by atoms with van der Waals surface area (Å²) in [6.07, 6.45) is 1.77. The van der Waals surface area contributed by atoms with Crippen LogP contribution < -0.4 is 14.8 Å². The number of benzene rings is 2. The first kappa shape index (κ1) is 16.0. The van der Waals surface area contributed by atoms with Gasteiger partial charge in [-0.1, -0.05) is 15.9 Å². The normalized spacial score (nSPS) is 12.4. The first-order valence-corrected chi connectivity index (χ1v) is 8.50. The molecule has 1 aliphatic rings. The van der Waals surface area contributed by atoms with Crippen molar-refractivity contribution in [3.8, 4) is 22.8 Å². The summed E-state index contributed by atoms with van der Waals surface area (Å²) in [5.74, 6) is 1.88. The van der Waals surface area contributed by atoms with E-state index in [1.54, 1.807) is 18.3 Å². The molecular weight excluding hydrogens is 389 g/mol. The van der Waals surface area contributed by atoms with Crippen molar-refractivity contribution in [1.29, 1.82) is 0 Å². The zero-order valence-electron chi connectivity index (χ0n) is 13.4. The van der Waals surface area contributed by atoms with Crippen LogP contribution in [0.25, 0.3) is 11.3 Å². The number of nitrogens with zero attached hydrogens (tertiary/aromatic N) is 2. The van der Waals surface area contributed by atoms with E-state index >= 15 is 0 Å². The molecule has 3 aromatic rings. The number of nitrogens with one attached hydrogen (secondary N) is 1. The van der Waals surface area contributed by atoms with E-state index in [9.17, 15) is 4.39 Å². The molecule has 1 aromatic heterocycles. The number of anilines is 1. The van der Waals surface area contributed by atoms with Crippen LogP contribution in [0.15, 0.2) is 47.1 Å². The number of rotatable bonds is 4. The highest BCUT2D eigenvalue weighted by Crippen LogP contribution is 2.36. The second-order valence-corrected chi connectivity index (χ2v) is 6.60. The molecule has 1 N–H and O–H groups in total. The molecule has 0 unspecified atom stereocenters. The zero-order valence-corrected chi connectivity index (χ0v) is 15.0. The molecule has 0 fully saturated rings. The molecule has 0 aliphatic carbocycles. The van der Waals surface area contributed by atoms with Gasteiger partial charge in [0.05, 0.1) is 11.9 Å². The number of halogens is 2. The van der Waals surface area contributed by atoms with Crippen molar-refractivity contribution in [3.63, 3.8) is 0 Å². The van der Waals surface area contributed by atoms with Crippen LogP contribution in [0.3, 0.4) is 0 Å². The third kappa shape index (κ3) is 3.07. The minimum Gasteiger partial charge on any atom is -0.454 e. The SMILES string of the molecule is Cn1c(-c2ccc3c(c2)OCO3)cnc1NCc1cc(Br)ccc1F. The Morgan fingerprint density at radius 3 is 2.92 bits per heavy atom. The number of hydrogen-bond donors (Lipinski definition) is 1. The molecule has 25 heavy (non-hydrogen) atoms. The maximum Gasteiger partial charge on any atom is 0.231 e. The van der Waals surface area contributed by atoms with E-state index < -0.39 is 0 Å². The van der Waals surface area contributed by atoms with Crippen molar-refractivity contribution in [1.82, 2.24) is 9.55 Å². The quantitative estimate of drug-likeness (QED) is 0.704. The van der Waals surface area contributed by atoms with Gasteiger partial charge in [0.15, 0.2) is 11.5 Å². The molecule has 2 heterocycles. The average molecular weight is 404 g/mol. The Morgan fingerprint density at radius 2 is 2.04 bits per heavy atom. The number of imidazole rings is 1.